The highest BCUT2D eigenvalue weighted by molar-refractivity contribution is 6.36. The van der Waals surface area contributed by atoms with Crippen molar-refractivity contribution in [3.05, 3.63) is 51.5 Å². The van der Waals surface area contributed by atoms with Gasteiger partial charge < -0.3 is 19.7 Å². The fraction of sp³-hybridized carbons (Fsp3) is 0.250. The lowest BCUT2D eigenvalue weighted by Crippen LogP contribution is -2.28. The van der Waals surface area contributed by atoms with Crippen molar-refractivity contribution in [3.8, 4) is 5.75 Å². The van der Waals surface area contributed by atoms with E-state index in [1.165, 1.54) is 24.1 Å². The largest absolute Gasteiger partial charge is 0.495 e. The van der Waals surface area contributed by atoms with E-state index >= 15 is 0 Å². The fourth-order valence-corrected chi connectivity index (χ4v) is 3.63. The van der Waals surface area contributed by atoms with Crippen LogP contribution in [-0.4, -0.2) is 38.0 Å². The molecule has 30 heavy (non-hydrogen) atoms. The number of ether oxygens (including phenoxy) is 2. The predicted molar refractivity (Wildman–Crippen MR) is 115 cm³/mol. The average Bonchev–Trinajstić information content (AvgIpc) is 3.10. The van der Waals surface area contributed by atoms with E-state index in [2.05, 4.69) is 5.32 Å². The Kier molecular flexibility index (Phi) is 7.07. The third-order valence-electron chi connectivity index (χ3n) is 4.44. The molecule has 1 saturated heterocycles. The van der Waals surface area contributed by atoms with Gasteiger partial charge in [0.15, 0.2) is 6.61 Å². The molecule has 2 aromatic carbocycles. The van der Waals surface area contributed by atoms with Gasteiger partial charge in [0.1, 0.15) is 5.75 Å². The molecule has 1 fully saturated rings. The Balaban J connectivity index is 1.58. The Labute approximate surface area is 187 Å². The lowest BCUT2D eigenvalue weighted by Gasteiger charge is -2.19. The van der Waals surface area contributed by atoms with E-state index in [1.54, 1.807) is 24.3 Å². The zero-order valence-corrected chi connectivity index (χ0v) is 18.1. The molecule has 3 rings (SSSR count). The van der Waals surface area contributed by atoms with Gasteiger partial charge in [0.25, 0.3) is 5.91 Å². The first kappa shape index (κ1) is 22.2. The number of methoxy groups -OCH3 is 1. The van der Waals surface area contributed by atoms with Crippen LogP contribution in [0, 0.1) is 5.92 Å². The summed E-state index contributed by atoms with van der Waals surface area (Å²) in [5.74, 6) is -1.74. The van der Waals surface area contributed by atoms with Crippen molar-refractivity contribution in [2.75, 3.05) is 30.5 Å². The molecule has 1 heterocycles. The number of carbonyl (C=O) groups is 3. The lowest BCUT2D eigenvalue weighted by molar-refractivity contribution is -0.151. The molecule has 0 unspecified atom stereocenters. The van der Waals surface area contributed by atoms with Crippen LogP contribution in [0.25, 0.3) is 0 Å². The van der Waals surface area contributed by atoms with E-state index in [4.69, 9.17) is 44.3 Å². The number of amides is 2. The summed E-state index contributed by atoms with van der Waals surface area (Å²) < 4.78 is 10.3. The first-order valence-electron chi connectivity index (χ1n) is 8.84. The van der Waals surface area contributed by atoms with Crippen molar-refractivity contribution in [3.63, 3.8) is 0 Å². The molecule has 1 aliphatic heterocycles. The Bertz CT molecular complexity index is 998. The second kappa shape index (κ2) is 9.55. The zero-order chi connectivity index (χ0) is 21.8. The number of nitrogens with one attached hydrogen (secondary N) is 1. The molecule has 10 heteroatoms. The molecule has 0 aliphatic carbocycles. The number of hydrogen-bond acceptors (Lipinski definition) is 5. The summed E-state index contributed by atoms with van der Waals surface area (Å²) in [6, 6.07) is 9.46. The van der Waals surface area contributed by atoms with E-state index in [-0.39, 0.29) is 23.9 Å². The van der Waals surface area contributed by atoms with Crippen LogP contribution in [0.3, 0.4) is 0 Å². The van der Waals surface area contributed by atoms with Crippen LogP contribution in [0.2, 0.25) is 15.1 Å². The van der Waals surface area contributed by atoms with Crippen LogP contribution in [-0.2, 0) is 19.1 Å². The number of hydrogen-bond donors (Lipinski definition) is 1. The molecule has 2 aromatic rings. The van der Waals surface area contributed by atoms with Crippen molar-refractivity contribution in [1.82, 2.24) is 0 Å². The molecular formula is C20H17Cl3N2O5. The van der Waals surface area contributed by atoms with Crippen LogP contribution >= 0.6 is 34.8 Å². The summed E-state index contributed by atoms with van der Waals surface area (Å²) in [6.45, 7) is -0.415. The van der Waals surface area contributed by atoms with Gasteiger partial charge in [-0.1, -0.05) is 34.8 Å². The Morgan fingerprint density at radius 3 is 2.53 bits per heavy atom. The molecule has 158 valence electrons. The van der Waals surface area contributed by atoms with Crippen molar-refractivity contribution in [2.24, 2.45) is 5.92 Å². The van der Waals surface area contributed by atoms with Crippen molar-refractivity contribution in [2.45, 2.75) is 6.42 Å². The smallest absolute Gasteiger partial charge is 0.311 e. The van der Waals surface area contributed by atoms with Crippen LogP contribution in [0.15, 0.2) is 36.4 Å². The fourth-order valence-electron chi connectivity index (χ4n) is 3.00. The van der Waals surface area contributed by atoms with Crippen molar-refractivity contribution in [1.29, 1.82) is 0 Å². The van der Waals surface area contributed by atoms with Gasteiger partial charge >= 0.3 is 5.97 Å². The number of anilines is 2. The number of halogens is 3. The number of rotatable bonds is 6. The predicted octanol–water partition coefficient (Wildman–Crippen LogP) is 4.19. The molecule has 0 saturated carbocycles. The zero-order valence-electron chi connectivity index (χ0n) is 15.8. The molecule has 7 nitrogen and oxygen atoms in total. The van der Waals surface area contributed by atoms with Gasteiger partial charge in [0, 0.05) is 23.0 Å². The van der Waals surface area contributed by atoms with E-state index < -0.39 is 24.4 Å². The summed E-state index contributed by atoms with van der Waals surface area (Å²) in [7, 11) is 1.48. The molecule has 1 N–H and O–H groups in total. The van der Waals surface area contributed by atoms with Crippen molar-refractivity contribution < 1.29 is 23.9 Å². The van der Waals surface area contributed by atoms with Gasteiger partial charge in [-0.25, -0.2) is 0 Å². The van der Waals surface area contributed by atoms with E-state index in [0.717, 1.165) is 0 Å². The Hall–Kier alpha value is -2.48. The maximum absolute atomic E-state index is 12.4. The second-order valence-corrected chi connectivity index (χ2v) is 7.78. The Morgan fingerprint density at radius 1 is 1.13 bits per heavy atom. The summed E-state index contributed by atoms with van der Waals surface area (Å²) in [6.07, 6.45) is -0.0425. The van der Waals surface area contributed by atoms with E-state index in [0.29, 0.717) is 27.2 Å². The van der Waals surface area contributed by atoms with Gasteiger partial charge in [-0.3, -0.25) is 14.4 Å². The SMILES string of the molecule is COc1ccc(Cl)cc1N1C[C@H](C(=O)OCC(=O)Nc2ccc(Cl)cc2Cl)CC1=O. The molecule has 0 bridgehead atoms. The molecular weight excluding hydrogens is 455 g/mol. The second-order valence-electron chi connectivity index (χ2n) is 6.50. The van der Waals surface area contributed by atoms with Crippen LogP contribution in [0.1, 0.15) is 6.42 Å². The van der Waals surface area contributed by atoms with Crippen LogP contribution in [0.4, 0.5) is 11.4 Å². The molecule has 0 spiro atoms. The third-order valence-corrected chi connectivity index (χ3v) is 5.22. The lowest BCUT2D eigenvalue weighted by atomic mass is 10.1. The minimum absolute atomic E-state index is 0.0425. The highest BCUT2D eigenvalue weighted by atomic mass is 35.5. The molecule has 2 amide bonds. The topological polar surface area (TPSA) is 84.9 Å². The first-order valence-corrected chi connectivity index (χ1v) is 9.97. The highest BCUT2D eigenvalue weighted by Crippen LogP contribution is 2.35. The average molecular weight is 472 g/mol. The third kappa shape index (κ3) is 5.16. The molecule has 0 radical (unpaired) electrons. The van der Waals surface area contributed by atoms with Gasteiger partial charge in [-0.2, -0.15) is 0 Å². The van der Waals surface area contributed by atoms with Crippen LogP contribution < -0.4 is 15.0 Å². The molecule has 1 aliphatic rings. The van der Waals surface area contributed by atoms with Gasteiger partial charge in [-0.15, -0.1) is 0 Å². The molecule has 1 atom stereocenters. The highest BCUT2D eigenvalue weighted by Gasteiger charge is 2.37. The summed E-state index contributed by atoms with van der Waals surface area (Å²) in [4.78, 5) is 38.3. The summed E-state index contributed by atoms with van der Waals surface area (Å²) in [5, 5.41) is 3.65. The van der Waals surface area contributed by atoms with E-state index in [9.17, 15) is 14.4 Å². The Morgan fingerprint density at radius 2 is 1.83 bits per heavy atom. The van der Waals surface area contributed by atoms with Gasteiger partial charge in [-0.05, 0) is 36.4 Å². The van der Waals surface area contributed by atoms with Gasteiger partial charge in [0.05, 0.1) is 29.4 Å². The number of carbonyl (C=O) groups excluding carboxylic acids is 3. The number of nitrogens with zero attached hydrogens (tertiary/aromatic N) is 1. The standard InChI is InChI=1S/C20H17Cl3N2O5/c1-29-17-5-3-13(22)8-16(17)25-9-11(6-19(25)27)20(28)30-10-18(26)24-15-4-2-12(21)7-14(15)23/h2-5,7-8,11H,6,9-10H2,1H3,(H,24,26)/t11-/m1/s1. The maximum atomic E-state index is 12.4. The summed E-state index contributed by atoms with van der Waals surface area (Å²) in [5.41, 5.74) is 0.817. The van der Waals surface area contributed by atoms with Crippen molar-refractivity contribution >= 4 is 64.0 Å². The summed E-state index contributed by atoms with van der Waals surface area (Å²) >= 11 is 17.8. The van der Waals surface area contributed by atoms with E-state index in [1.807, 2.05) is 0 Å². The van der Waals surface area contributed by atoms with Crippen LogP contribution in [0.5, 0.6) is 5.75 Å². The number of benzene rings is 2. The quantitative estimate of drug-likeness (QED) is 0.639. The van der Waals surface area contributed by atoms with Gasteiger partial charge in [0.2, 0.25) is 5.91 Å². The monoisotopic (exact) mass is 470 g/mol. The minimum atomic E-state index is -0.715. The maximum Gasteiger partial charge on any atom is 0.311 e. The minimum Gasteiger partial charge on any atom is -0.495 e. The normalized spacial score (nSPS) is 15.8. The number of esters is 1. The molecule has 0 aromatic heterocycles. The first-order chi connectivity index (χ1) is 14.3.